The molecule has 3 aromatic rings. The number of hydrogen-bond donors (Lipinski definition) is 2. The van der Waals surface area contributed by atoms with Crippen molar-refractivity contribution in [1.29, 1.82) is 0 Å². The summed E-state index contributed by atoms with van der Waals surface area (Å²) in [5.41, 5.74) is 3.80. The van der Waals surface area contributed by atoms with E-state index in [1.165, 1.54) is 15.7 Å². The molecule has 1 unspecified atom stereocenters. The molecule has 2 aliphatic rings. The Bertz CT molecular complexity index is 1490. The molecule has 5 rings (SSSR count). The molecule has 2 aliphatic heterocycles. The minimum Gasteiger partial charge on any atom is -0.444 e. The molecule has 2 aromatic carbocycles. The van der Waals surface area contributed by atoms with Crippen molar-refractivity contribution in [2.45, 2.75) is 70.6 Å². The highest BCUT2D eigenvalue weighted by Gasteiger charge is 2.31. The van der Waals surface area contributed by atoms with Crippen LogP contribution in [0.25, 0.3) is 11.0 Å². The van der Waals surface area contributed by atoms with Gasteiger partial charge >= 0.3 is 11.8 Å². The zero-order valence-electron chi connectivity index (χ0n) is 23.5. The summed E-state index contributed by atoms with van der Waals surface area (Å²) in [4.78, 5) is 51.6. The lowest BCUT2D eigenvalue weighted by Crippen LogP contribution is -2.44. The maximum absolute atomic E-state index is 13.1. The number of benzene rings is 2. The van der Waals surface area contributed by atoms with Crippen LogP contribution in [-0.4, -0.2) is 50.6 Å². The summed E-state index contributed by atoms with van der Waals surface area (Å²) in [5, 5.41) is 5.12. The number of aryl methyl sites for hydroxylation is 1. The number of hydrogen-bond acceptors (Lipinski definition) is 6. The van der Waals surface area contributed by atoms with Crippen LogP contribution < -0.4 is 16.3 Å². The molecule has 3 amide bonds. The predicted molar refractivity (Wildman–Crippen MR) is 152 cm³/mol. The average molecular weight is 548 g/mol. The van der Waals surface area contributed by atoms with E-state index in [0.717, 1.165) is 38.0 Å². The Kier molecular flexibility index (Phi) is 7.55. The summed E-state index contributed by atoms with van der Waals surface area (Å²) in [6, 6.07) is 13.3. The van der Waals surface area contributed by atoms with Gasteiger partial charge in [0.1, 0.15) is 11.6 Å². The molecule has 10 nitrogen and oxygen atoms in total. The summed E-state index contributed by atoms with van der Waals surface area (Å²) in [5.74, 6) is -0.332. The lowest BCUT2D eigenvalue weighted by molar-refractivity contribution is -0.135. The van der Waals surface area contributed by atoms with Gasteiger partial charge in [-0.25, -0.2) is 9.59 Å². The Morgan fingerprint density at radius 2 is 1.70 bits per heavy atom. The van der Waals surface area contributed by atoms with E-state index in [1.807, 2.05) is 51.1 Å². The van der Waals surface area contributed by atoms with E-state index >= 15 is 0 Å². The van der Waals surface area contributed by atoms with E-state index in [0.29, 0.717) is 23.5 Å². The zero-order valence-corrected chi connectivity index (χ0v) is 23.5. The van der Waals surface area contributed by atoms with E-state index in [2.05, 4.69) is 27.7 Å². The monoisotopic (exact) mass is 547 g/mol. The van der Waals surface area contributed by atoms with Crippen LogP contribution in [0.2, 0.25) is 0 Å². The number of aromatic nitrogens is 2. The van der Waals surface area contributed by atoms with Crippen LogP contribution in [0.5, 0.6) is 0 Å². The maximum Gasteiger partial charge on any atom is 0.412 e. The highest BCUT2D eigenvalue weighted by atomic mass is 16.6. The fourth-order valence-electron chi connectivity index (χ4n) is 5.66. The van der Waals surface area contributed by atoms with Gasteiger partial charge in [0, 0.05) is 25.7 Å². The SMILES string of the molecule is Cn1c(=O)n(C2CCC(=O)NC2=O)c2ccc(C3CCN(Cc4ccc(NC(=O)OC(C)(C)C)cc4)CC3)cc21. The fourth-order valence-corrected chi connectivity index (χ4v) is 5.66. The third-order valence-corrected chi connectivity index (χ3v) is 7.70. The Balaban J connectivity index is 1.21. The Hall–Kier alpha value is -3.92. The first-order chi connectivity index (χ1) is 19.0. The van der Waals surface area contributed by atoms with Crippen LogP contribution in [0, 0.1) is 0 Å². The molecule has 10 heteroatoms. The molecule has 3 heterocycles. The number of imide groups is 1. The second-order valence-corrected chi connectivity index (χ2v) is 11.8. The summed E-state index contributed by atoms with van der Waals surface area (Å²) in [6.45, 7) is 8.25. The highest BCUT2D eigenvalue weighted by Crippen LogP contribution is 2.32. The number of nitrogens with zero attached hydrogens (tertiary/aromatic N) is 3. The first-order valence-corrected chi connectivity index (χ1v) is 13.8. The number of fused-ring (bicyclic) bond motifs is 1. The molecule has 0 aliphatic carbocycles. The van der Waals surface area contributed by atoms with Gasteiger partial charge in [-0.05, 0) is 94.4 Å². The molecular weight excluding hydrogens is 510 g/mol. The number of likely N-dealkylation sites (tertiary alicyclic amines) is 1. The van der Waals surface area contributed by atoms with E-state index in [4.69, 9.17) is 4.74 Å². The lowest BCUT2D eigenvalue weighted by atomic mass is 9.89. The molecule has 1 aromatic heterocycles. The predicted octanol–water partition coefficient (Wildman–Crippen LogP) is 4.04. The molecule has 0 bridgehead atoms. The maximum atomic E-state index is 13.1. The molecule has 1 atom stereocenters. The van der Waals surface area contributed by atoms with Crippen LogP contribution in [0.15, 0.2) is 47.3 Å². The van der Waals surface area contributed by atoms with Crippen LogP contribution >= 0.6 is 0 Å². The molecule has 2 saturated heterocycles. The van der Waals surface area contributed by atoms with Crippen molar-refractivity contribution in [3.05, 3.63) is 64.1 Å². The van der Waals surface area contributed by atoms with Gasteiger partial charge in [0.2, 0.25) is 11.8 Å². The number of piperidine rings is 2. The summed E-state index contributed by atoms with van der Waals surface area (Å²) in [6.07, 6.45) is 2.10. The van der Waals surface area contributed by atoms with Crippen molar-refractivity contribution < 1.29 is 19.1 Å². The number of carbonyl (C=O) groups is 3. The molecule has 0 radical (unpaired) electrons. The molecule has 2 N–H and O–H groups in total. The number of ether oxygens (including phenoxy) is 1. The van der Waals surface area contributed by atoms with Gasteiger partial charge in [0.15, 0.2) is 0 Å². The minimum absolute atomic E-state index is 0.225. The zero-order chi connectivity index (χ0) is 28.6. The van der Waals surface area contributed by atoms with Gasteiger partial charge in [-0.3, -0.25) is 34.3 Å². The Labute approximate surface area is 233 Å². The van der Waals surface area contributed by atoms with Gasteiger partial charge < -0.3 is 4.74 Å². The van der Waals surface area contributed by atoms with Crippen molar-refractivity contribution in [2.75, 3.05) is 18.4 Å². The number of anilines is 1. The second kappa shape index (κ2) is 10.9. The number of carbonyl (C=O) groups excluding carboxylic acids is 3. The number of nitrogens with one attached hydrogen (secondary N) is 2. The molecule has 212 valence electrons. The lowest BCUT2D eigenvalue weighted by Gasteiger charge is -2.32. The number of amides is 3. The van der Waals surface area contributed by atoms with Crippen LogP contribution in [0.3, 0.4) is 0 Å². The standard InChI is InChI=1S/C30H37N5O5/c1-30(2,3)40-28(38)31-22-8-5-19(6-9-22)18-34-15-13-20(14-16-34)21-7-10-23-25(17-21)33(4)29(39)35(23)24-11-12-26(36)32-27(24)37/h5-10,17,20,24H,11-16,18H2,1-4H3,(H,31,38)(H,32,36,37). The van der Waals surface area contributed by atoms with Gasteiger partial charge in [0.25, 0.3) is 0 Å². The normalized spacial score (nSPS) is 19.1. The first-order valence-electron chi connectivity index (χ1n) is 13.8. The third-order valence-electron chi connectivity index (χ3n) is 7.70. The largest absolute Gasteiger partial charge is 0.444 e. The van der Waals surface area contributed by atoms with E-state index in [-0.39, 0.29) is 18.0 Å². The van der Waals surface area contributed by atoms with Crippen molar-refractivity contribution in [2.24, 2.45) is 7.05 Å². The van der Waals surface area contributed by atoms with Crippen LogP contribution in [0.1, 0.15) is 69.5 Å². The van der Waals surface area contributed by atoms with Crippen LogP contribution in [-0.2, 0) is 27.9 Å². The first kappa shape index (κ1) is 27.6. The Morgan fingerprint density at radius 3 is 2.35 bits per heavy atom. The summed E-state index contributed by atoms with van der Waals surface area (Å²) >= 11 is 0. The topological polar surface area (TPSA) is 115 Å². The van der Waals surface area contributed by atoms with Crippen molar-refractivity contribution in [3.8, 4) is 0 Å². The quantitative estimate of drug-likeness (QED) is 0.466. The second-order valence-electron chi connectivity index (χ2n) is 11.8. The van der Waals surface area contributed by atoms with Gasteiger partial charge in [-0.1, -0.05) is 18.2 Å². The minimum atomic E-state index is -0.676. The van der Waals surface area contributed by atoms with Crippen molar-refractivity contribution >= 4 is 34.6 Å². The number of rotatable bonds is 5. The van der Waals surface area contributed by atoms with Crippen molar-refractivity contribution in [3.63, 3.8) is 0 Å². The molecule has 40 heavy (non-hydrogen) atoms. The molecule has 0 saturated carbocycles. The average Bonchev–Trinajstić information content (AvgIpc) is 3.14. The molecular formula is C30H37N5O5. The van der Waals surface area contributed by atoms with Gasteiger partial charge in [0.05, 0.1) is 11.0 Å². The summed E-state index contributed by atoms with van der Waals surface area (Å²) in [7, 11) is 1.73. The van der Waals surface area contributed by atoms with E-state index in [9.17, 15) is 19.2 Å². The summed E-state index contributed by atoms with van der Waals surface area (Å²) < 4.78 is 8.43. The smallest absolute Gasteiger partial charge is 0.412 e. The van der Waals surface area contributed by atoms with E-state index < -0.39 is 23.6 Å². The van der Waals surface area contributed by atoms with Gasteiger partial charge in [-0.2, -0.15) is 0 Å². The third kappa shape index (κ3) is 5.96. The van der Waals surface area contributed by atoms with Gasteiger partial charge in [-0.15, -0.1) is 0 Å². The Morgan fingerprint density at radius 1 is 1.00 bits per heavy atom. The fraction of sp³-hybridized carbons (Fsp3) is 0.467. The van der Waals surface area contributed by atoms with E-state index in [1.54, 1.807) is 11.6 Å². The van der Waals surface area contributed by atoms with Crippen molar-refractivity contribution in [1.82, 2.24) is 19.4 Å². The highest BCUT2D eigenvalue weighted by molar-refractivity contribution is 6.00. The molecule has 0 spiro atoms. The molecule has 2 fully saturated rings. The van der Waals surface area contributed by atoms with Crippen LogP contribution in [0.4, 0.5) is 10.5 Å². The number of imidazole rings is 1.